The van der Waals surface area contributed by atoms with Gasteiger partial charge < -0.3 is 25.2 Å². The topological polar surface area (TPSA) is 124 Å². The zero-order chi connectivity index (χ0) is 19.8. The van der Waals surface area contributed by atoms with Gasteiger partial charge in [-0.25, -0.2) is 9.59 Å². The highest BCUT2D eigenvalue weighted by Crippen LogP contribution is 1.97. The molecule has 4 N–H and O–H groups in total. The fraction of sp³-hybridized carbons (Fsp3) is 0.222. The number of benzene rings is 2. The first-order valence-electron chi connectivity index (χ1n) is 7.42. The molecular weight excluding hydrogens is 408 g/mol. The summed E-state index contributed by atoms with van der Waals surface area (Å²) in [6.45, 7) is -0.274. The zero-order valence-electron chi connectivity index (χ0n) is 13.9. The molecule has 7 nitrogen and oxygen atoms in total. The van der Waals surface area contributed by atoms with Crippen molar-refractivity contribution in [3.05, 3.63) is 71.8 Å². The average Bonchev–Trinajstić information content (AvgIpc) is 2.68. The minimum atomic E-state index is -0.879. The molecule has 0 spiro atoms. The molecule has 8 heteroatoms. The Hall–Kier alpha value is -2.26. The van der Waals surface area contributed by atoms with E-state index in [1.54, 1.807) is 60.7 Å². The van der Waals surface area contributed by atoms with E-state index in [1.165, 1.54) is 0 Å². The molecule has 2 aromatic rings. The maximum absolute atomic E-state index is 10.2. The Balaban J connectivity index is 0.000000362. The van der Waals surface area contributed by atoms with E-state index in [0.717, 1.165) is 0 Å². The van der Waals surface area contributed by atoms with Crippen LogP contribution in [-0.2, 0) is 4.74 Å². The Labute approximate surface area is 159 Å². The van der Waals surface area contributed by atoms with E-state index in [0.29, 0.717) is 16.6 Å². The highest BCUT2D eigenvalue weighted by molar-refractivity contribution is 9.09. The third-order valence-corrected chi connectivity index (χ3v) is 3.01. The van der Waals surface area contributed by atoms with Crippen molar-refractivity contribution in [2.45, 2.75) is 6.10 Å². The lowest BCUT2D eigenvalue weighted by Gasteiger charge is -2.08. The maximum atomic E-state index is 10.2. The van der Waals surface area contributed by atoms with Gasteiger partial charge >= 0.3 is 11.9 Å². The van der Waals surface area contributed by atoms with Gasteiger partial charge in [-0.05, 0) is 24.3 Å². The highest BCUT2D eigenvalue weighted by Gasteiger charge is 2.02. The summed E-state index contributed by atoms with van der Waals surface area (Å²) in [5.41, 5.74) is 1.01. The molecule has 0 saturated heterocycles. The lowest BCUT2D eigenvalue weighted by Crippen LogP contribution is -2.20. The summed E-state index contributed by atoms with van der Waals surface area (Å²) in [5, 5.41) is 33.5. The number of aliphatic hydroxyl groups excluding tert-OH is 2. The number of halogens is 1. The minimum absolute atomic E-state index is 0.137. The van der Waals surface area contributed by atoms with Crippen LogP contribution in [0.2, 0.25) is 0 Å². The molecule has 2 aromatic carbocycles. The van der Waals surface area contributed by atoms with Crippen molar-refractivity contribution in [3.63, 3.8) is 0 Å². The quantitative estimate of drug-likeness (QED) is 0.520. The minimum Gasteiger partial charge on any atom is -0.478 e. The maximum Gasteiger partial charge on any atom is 0.335 e. The second kappa shape index (κ2) is 15.0. The van der Waals surface area contributed by atoms with Gasteiger partial charge in [-0.15, -0.1) is 0 Å². The number of aromatic carboxylic acids is 2. The Morgan fingerprint density at radius 2 is 1.15 bits per heavy atom. The number of alkyl halides is 1. The predicted octanol–water partition coefficient (Wildman–Crippen LogP) is 2.48. The van der Waals surface area contributed by atoms with Crippen molar-refractivity contribution >= 4 is 27.9 Å². The van der Waals surface area contributed by atoms with E-state index in [1.807, 2.05) is 0 Å². The van der Waals surface area contributed by atoms with Crippen LogP contribution in [0.15, 0.2) is 60.7 Å². The fourth-order valence-electron chi connectivity index (χ4n) is 1.41. The van der Waals surface area contributed by atoms with Crippen LogP contribution in [0, 0.1) is 0 Å². The van der Waals surface area contributed by atoms with E-state index < -0.39 is 18.0 Å². The van der Waals surface area contributed by atoms with Crippen LogP contribution >= 0.6 is 15.9 Å². The number of carbonyl (C=O) groups is 2. The van der Waals surface area contributed by atoms with E-state index >= 15 is 0 Å². The normalized spacial score (nSPS) is 9.38. The average molecular weight is 429 g/mol. The van der Waals surface area contributed by atoms with E-state index in [4.69, 9.17) is 25.2 Å². The lowest BCUT2D eigenvalue weighted by atomic mass is 10.2. The molecule has 0 aromatic heterocycles. The number of ether oxygens (including phenoxy) is 1. The van der Waals surface area contributed by atoms with Crippen LogP contribution in [0.25, 0.3) is 0 Å². The van der Waals surface area contributed by atoms with Gasteiger partial charge in [0, 0.05) is 0 Å². The second-order valence-corrected chi connectivity index (χ2v) is 5.06. The van der Waals surface area contributed by atoms with Gasteiger partial charge in [-0.2, -0.15) is 0 Å². The number of carboxylic acids is 2. The standard InChI is InChI=1S/2C7H6O2.C4H9BrO3/c2*8-7(9)6-4-2-1-3-5-6;5-3-8-4(1-6)2-7/h2*1-5H,(H,8,9);4,6-7H,1-3H2. The lowest BCUT2D eigenvalue weighted by molar-refractivity contribution is 0.00363. The van der Waals surface area contributed by atoms with Gasteiger partial charge in [0.2, 0.25) is 0 Å². The molecule has 0 atom stereocenters. The number of aliphatic hydroxyl groups is 2. The van der Waals surface area contributed by atoms with Crippen molar-refractivity contribution < 1.29 is 34.8 Å². The number of rotatable bonds is 6. The first kappa shape index (κ1) is 23.7. The predicted molar refractivity (Wildman–Crippen MR) is 99.6 cm³/mol. The van der Waals surface area contributed by atoms with Gasteiger partial charge in [-0.3, -0.25) is 0 Å². The molecule has 0 amide bonds. The molecule has 0 unspecified atom stereocenters. The molecule has 26 heavy (non-hydrogen) atoms. The summed E-state index contributed by atoms with van der Waals surface area (Å²) in [5.74, 6) is -1.76. The van der Waals surface area contributed by atoms with Crippen molar-refractivity contribution in [1.29, 1.82) is 0 Å². The van der Waals surface area contributed by atoms with Crippen LogP contribution < -0.4 is 0 Å². The SMILES string of the molecule is O=C(O)c1ccccc1.O=C(O)c1ccccc1.OCC(CO)OCBr. The van der Waals surface area contributed by atoms with Crippen LogP contribution in [0.3, 0.4) is 0 Å². The van der Waals surface area contributed by atoms with Crippen molar-refractivity contribution in [2.24, 2.45) is 0 Å². The molecular formula is C18H21BrO7. The van der Waals surface area contributed by atoms with Crippen molar-refractivity contribution in [2.75, 3.05) is 18.7 Å². The number of hydrogen-bond acceptors (Lipinski definition) is 5. The molecule has 0 bridgehead atoms. The molecule has 0 radical (unpaired) electrons. The number of carboxylic acid groups (broad SMARTS) is 2. The van der Waals surface area contributed by atoms with Crippen LogP contribution in [0.4, 0.5) is 0 Å². The van der Waals surface area contributed by atoms with Gasteiger partial charge in [-0.1, -0.05) is 52.3 Å². The molecule has 0 heterocycles. The monoisotopic (exact) mass is 428 g/mol. The molecule has 142 valence electrons. The molecule has 0 saturated carbocycles. The summed E-state index contributed by atoms with van der Waals surface area (Å²) >= 11 is 2.99. The Bertz CT molecular complexity index is 566. The molecule has 2 rings (SSSR count). The van der Waals surface area contributed by atoms with Gasteiger partial charge in [0.1, 0.15) is 11.6 Å². The Morgan fingerprint density at radius 1 is 0.808 bits per heavy atom. The van der Waals surface area contributed by atoms with E-state index in [9.17, 15) is 9.59 Å². The summed E-state index contributed by atoms with van der Waals surface area (Å²) in [6, 6.07) is 16.6. The molecule has 0 aliphatic rings. The fourth-order valence-corrected chi connectivity index (χ4v) is 1.79. The van der Waals surface area contributed by atoms with E-state index in [-0.39, 0.29) is 13.2 Å². The number of hydrogen-bond donors (Lipinski definition) is 4. The largest absolute Gasteiger partial charge is 0.478 e. The highest BCUT2D eigenvalue weighted by atomic mass is 79.9. The molecule has 0 fully saturated rings. The molecule has 0 aliphatic heterocycles. The first-order chi connectivity index (χ1) is 12.5. The van der Waals surface area contributed by atoms with Gasteiger partial charge in [0.25, 0.3) is 0 Å². The van der Waals surface area contributed by atoms with Crippen molar-refractivity contribution in [1.82, 2.24) is 0 Å². The summed E-state index contributed by atoms with van der Waals surface area (Å²) < 4.78 is 4.76. The first-order valence-corrected chi connectivity index (χ1v) is 8.54. The second-order valence-electron chi connectivity index (χ2n) is 4.61. The zero-order valence-corrected chi connectivity index (χ0v) is 15.4. The Kier molecular flexibility index (Phi) is 13.7. The van der Waals surface area contributed by atoms with E-state index in [2.05, 4.69) is 15.9 Å². The smallest absolute Gasteiger partial charge is 0.335 e. The third-order valence-electron chi connectivity index (χ3n) is 2.75. The Morgan fingerprint density at radius 3 is 1.31 bits per heavy atom. The van der Waals surface area contributed by atoms with Crippen molar-refractivity contribution in [3.8, 4) is 0 Å². The summed E-state index contributed by atoms with van der Waals surface area (Å²) in [4.78, 5) is 20.4. The summed E-state index contributed by atoms with van der Waals surface area (Å²) in [6.07, 6.45) is -0.436. The van der Waals surface area contributed by atoms with Gasteiger partial charge in [0.15, 0.2) is 0 Å². The van der Waals surface area contributed by atoms with Crippen LogP contribution in [0.1, 0.15) is 20.7 Å². The van der Waals surface area contributed by atoms with Gasteiger partial charge in [0.05, 0.1) is 24.3 Å². The summed E-state index contributed by atoms with van der Waals surface area (Å²) in [7, 11) is 0. The van der Waals surface area contributed by atoms with Crippen LogP contribution in [0.5, 0.6) is 0 Å². The van der Waals surface area contributed by atoms with Crippen LogP contribution in [-0.4, -0.2) is 57.2 Å². The third kappa shape index (κ3) is 11.3. The molecule has 0 aliphatic carbocycles.